The smallest absolute Gasteiger partial charge is 0.168 e. The van der Waals surface area contributed by atoms with Gasteiger partial charge in [0.05, 0.1) is 0 Å². The van der Waals surface area contributed by atoms with Gasteiger partial charge in [0.25, 0.3) is 0 Å². The van der Waals surface area contributed by atoms with Crippen molar-refractivity contribution in [3.8, 4) is 0 Å². The van der Waals surface area contributed by atoms with Crippen molar-refractivity contribution in [3.63, 3.8) is 0 Å². The minimum absolute atomic E-state index is 0.0307. The standard InChI is InChI=1S/C29H28Br2FNO2/c1-3-15-33-16-22(28(34)20-9-4-6-12-24(20)30)27(19-11-8-14-26(32)18(19)2)23(17-33)29(35)21-10-5-7-13-25(21)31/h4-14,22-23,27H,3,15-17H2,1-2H3/t22-,23-/m0/s1. The second kappa shape index (κ2) is 11.3. The highest BCUT2D eigenvalue weighted by molar-refractivity contribution is 9.10. The molecule has 1 aliphatic rings. The topological polar surface area (TPSA) is 37.4 Å². The zero-order chi connectivity index (χ0) is 25.1. The molecule has 1 saturated heterocycles. The molecule has 0 amide bonds. The van der Waals surface area contributed by atoms with Gasteiger partial charge in [-0.05, 0) is 49.2 Å². The van der Waals surface area contributed by atoms with E-state index in [1.807, 2.05) is 54.6 Å². The molecule has 0 spiro atoms. The van der Waals surface area contributed by atoms with Gasteiger partial charge in [0.15, 0.2) is 11.6 Å². The average molecular weight is 601 g/mol. The number of piperidine rings is 1. The molecule has 3 nitrogen and oxygen atoms in total. The Balaban J connectivity index is 1.89. The molecule has 0 aliphatic carbocycles. The van der Waals surface area contributed by atoms with Gasteiger partial charge in [-0.2, -0.15) is 0 Å². The Labute approximate surface area is 223 Å². The van der Waals surface area contributed by atoms with Gasteiger partial charge in [-0.3, -0.25) is 9.59 Å². The van der Waals surface area contributed by atoms with Crippen molar-refractivity contribution < 1.29 is 14.0 Å². The molecule has 2 atom stereocenters. The van der Waals surface area contributed by atoms with Gasteiger partial charge in [-0.1, -0.05) is 87.3 Å². The first kappa shape index (κ1) is 25.9. The van der Waals surface area contributed by atoms with Crippen molar-refractivity contribution in [2.75, 3.05) is 19.6 Å². The first-order valence-electron chi connectivity index (χ1n) is 11.9. The number of hydrogen-bond acceptors (Lipinski definition) is 3. The monoisotopic (exact) mass is 599 g/mol. The molecule has 1 aliphatic heterocycles. The minimum Gasteiger partial charge on any atom is -0.302 e. The van der Waals surface area contributed by atoms with Crippen LogP contribution in [-0.2, 0) is 0 Å². The van der Waals surface area contributed by atoms with E-state index in [0.717, 1.165) is 27.5 Å². The maximum Gasteiger partial charge on any atom is 0.168 e. The Hall–Kier alpha value is -2.15. The molecule has 0 radical (unpaired) electrons. The highest BCUT2D eigenvalue weighted by Crippen LogP contribution is 2.43. The number of Topliss-reactive ketones (excluding diaryl/α,β-unsaturated/α-hetero) is 2. The average Bonchev–Trinajstić information content (AvgIpc) is 2.85. The molecule has 3 aromatic carbocycles. The molecule has 3 aromatic rings. The second-order valence-corrected chi connectivity index (χ2v) is 10.8. The number of carbonyl (C=O) groups is 2. The van der Waals surface area contributed by atoms with Crippen LogP contribution in [0.4, 0.5) is 4.39 Å². The lowest BCUT2D eigenvalue weighted by molar-refractivity contribution is 0.0571. The van der Waals surface area contributed by atoms with Gasteiger partial charge in [-0.15, -0.1) is 0 Å². The molecular weight excluding hydrogens is 573 g/mol. The summed E-state index contributed by atoms with van der Waals surface area (Å²) in [5, 5.41) is 0. The van der Waals surface area contributed by atoms with Crippen LogP contribution in [0.5, 0.6) is 0 Å². The molecule has 6 heteroatoms. The summed E-state index contributed by atoms with van der Waals surface area (Å²) in [6.45, 7) is 5.66. The van der Waals surface area contributed by atoms with Crippen LogP contribution in [0.1, 0.15) is 51.1 Å². The molecule has 1 fully saturated rings. The summed E-state index contributed by atoms with van der Waals surface area (Å²) in [4.78, 5) is 30.3. The molecule has 1 heterocycles. The molecule has 0 bridgehead atoms. The van der Waals surface area contributed by atoms with Crippen LogP contribution >= 0.6 is 31.9 Å². The highest BCUT2D eigenvalue weighted by Gasteiger charge is 2.45. The molecule has 0 N–H and O–H groups in total. The van der Waals surface area contributed by atoms with Crippen molar-refractivity contribution in [1.82, 2.24) is 4.90 Å². The fraction of sp³-hybridized carbons (Fsp3) is 0.310. The van der Waals surface area contributed by atoms with E-state index in [-0.39, 0.29) is 17.4 Å². The van der Waals surface area contributed by atoms with Crippen molar-refractivity contribution >= 4 is 43.4 Å². The third-order valence-electron chi connectivity index (χ3n) is 6.94. The summed E-state index contributed by atoms with van der Waals surface area (Å²) in [5.74, 6) is -1.82. The Morgan fingerprint density at radius 2 is 1.37 bits per heavy atom. The van der Waals surface area contributed by atoms with Crippen molar-refractivity contribution in [2.45, 2.75) is 26.2 Å². The fourth-order valence-electron chi connectivity index (χ4n) is 5.27. The molecule has 0 saturated carbocycles. The molecule has 182 valence electrons. The first-order valence-corrected chi connectivity index (χ1v) is 13.5. The molecule has 35 heavy (non-hydrogen) atoms. The van der Waals surface area contributed by atoms with Gasteiger partial charge >= 0.3 is 0 Å². The van der Waals surface area contributed by atoms with Crippen molar-refractivity contribution in [3.05, 3.63) is 104 Å². The zero-order valence-electron chi connectivity index (χ0n) is 19.8. The SMILES string of the molecule is CCCN1C[C@H](C(=O)c2ccccc2Br)C(c2cccc(F)c2C)[C@@H](C(=O)c2ccccc2Br)C1. The number of rotatable bonds is 7. The third-order valence-corrected chi connectivity index (χ3v) is 8.32. The van der Waals surface area contributed by atoms with Crippen LogP contribution in [0.15, 0.2) is 75.7 Å². The summed E-state index contributed by atoms with van der Waals surface area (Å²) >= 11 is 7.07. The largest absolute Gasteiger partial charge is 0.302 e. The van der Waals surface area contributed by atoms with Gasteiger partial charge < -0.3 is 4.90 Å². The molecule has 0 unspecified atom stereocenters. The van der Waals surface area contributed by atoms with Crippen LogP contribution in [0.25, 0.3) is 0 Å². The number of likely N-dealkylation sites (tertiary alicyclic amines) is 1. The summed E-state index contributed by atoms with van der Waals surface area (Å²) in [6.07, 6.45) is 0.912. The van der Waals surface area contributed by atoms with Gasteiger partial charge in [0.2, 0.25) is 0 Å². The van der Waals surface area contributed by atoms with Gasteiger partial charge in [0, 0.05) is 50.9 Å². The number of ketones is 2. The summed E-state index contributed by atoms with van der Waals surface area (Å²) < 4.78 is 16.2. The number of nitrogens with zero attached hydrogens (tertiary/aromatic N) is 1. The normalized spacial score (nSPS) is 19.0. The van der Waals surface area contributed by atoms with Gasteiger partial charge in [0.1, 0.15) is 5.82 Å². The quantitative estimate of drug-likeness (QED) is 0.264. The van der Waals surface area contributed by atoms with Gasteiger partial charge in [-0.25, -0.2) is 4.39 Å². The number of carbonyl (C=O) groups excluding carboxylic acids is 2. The summed E-state index contributed by atoms with van der Waals surface area (Å²) in [6, 6.07) is 19.7. The van der Waals surface area contributed by atoms with Crippen molar-refractivity contribution in [1.29, 1.82) is 0 Å². The van der Waals surface area contributed by atoms with Crippen molar-refractivity contribution in [2.24, 2.45) is 11.8 Å². The fourth-order valence-corrected chi connectivity index (χ4v) is 6.23. The third kappa shape index (κ3) is 5.35. The van der Waals surface area contributed by atoms with E-state index in [1.165, 1.54) is 6.07 Å². The van der Waals surface area contributed by atoms with E-state index in [1.54, 1.807) is 13.0 Å². The lowest BCUT2D eigenvalue weighted by Gasteiger charge is -2.43. The number of benzene rings is 3. The van der Waals surface area contributed by atoms with E-state index < -0.39 is 17.8 Å². The van der Waals surface area contributed by atoms with E-state index in [9.17, 15) is 14.0 Å². The van der Waals surface area contributed by atoms with Crippen LogP contribution < -0.4 is 0 Å². The molecule has 0 aromatic heterocycles. The van der Waals surface area contributed by atoms with Crippen LogP contribution in [0.2, 0.25) is 0 Å². The Bertz CT molecular complexity index is 1180. The maximum atomic E-state index is 14.8. The predicted octanol–water partition coefficient (Wildman–Crippen LogP) is 7.47. The number of halogens is 3. The number of hydrogen-bond donors (Lipinski definition) is 0. The summed E-state index contributed by atoms with van der Waals surface area (Å²) in [5.41, 5.74) is 2.40. The lowest BCUT2D eigenvalue weighted by Crippen LogP contribution is -2.50. The van der Waals surface area contributed by atoms with Crippen LogP contribution in [0.3, 0.4) is 0 Å². The van der Waals surface area contributed by atoms with E-state index >= 15 is 0 Å². The van der Waals surface area contributed by atoms with E-state index in [4.69, 9.17) is 0 Å². The maximum absolute atomic E-state index is 14.8. The Kier molecular flexibility index (Phi) is 8.35. The molecule has 4 rings (SSSR count). The van der Waals surface area contributed by atoms with E-state index in [0.29, 0.717) is 29.8 Å². The zero-order valence-corrected chi connectivity index (χ0v) is 23.0. The summed E-state index contributed by atoms with van der Waals surface area (Å²) in [7, 11) is 0. The van der Waals surface area contributed by atoms with Crippen LogP contribution in [0, 0.1) is 24.6 Å². The highest BCUT2D eigenvalue weighted by atomic mass is 79.9. The molecular formula is C29H28Br2FNO2. The Morgan fingerprint density at radius 3 is 1.86 bits per heavy atom. The second-order valence-electron chi connectivity index (χ2n) is 9.14. The lowest BCUT2D eigenvalue weighted by atomic mass is 9.68. The first-order chi connectivity index (χ1) is 16.8. The minimum atomic E-state index is -0.495. The van der Waals surface area contributed by atoms with E-state index in [2.05, 4.69) is 43.7 Å². The van der Waals surface area contributed by atoms with Crippen LogP contribution in [-0.4, -0.2) is 36.1 Å². The Morgan fingerprint density at radius 1 is 0.857 bits per heavy atom. The predicted molar refractivity (Wildman–Crippen MR) is 145 cm³/mol.